The van der Waals surface area contributed by atoms with E-state index in [1.165, 1.54) is 13.8 Å². The minimum atomic E-state index is -1.21. The van der Waals surface area contributed by atoms with Crippen LogP contribution < -0.4 is 0 Å². The van der Waals surface area contributed by atoms with Crippen LogP contribution in [-0.2, 0) is 19.1 Å². The van der Waals surface area contributed by atoms with Crippen LogP contribution >= 0.6 is 0 Å². The zero-order valence-electron chi connectivity index (χ0n) is 9.95. The van der Waals surface area contributed by atoms with E-state index in [4.69, 9.17) is 9.47 Å². The van der Waals surface area contributed by atoms with Gasteiger partial charge in [0.2, 0.25) is 5.60 Å². The summed E-state index contributed by atoms with van der Waals surface area (Å²) < 4.78 is 10.3. The van der Waals surface area contributed by atoms with E-state index in [2.05, 4.69) is 6.92 Å². The van der Waals surface area contributed by atoms with Crippen molar-refractivity contribution in [3.05, 3.63) is 6.92 Å². The number of hydrogen-bond acceptors (Lipinski definition) is 4. The van der Waals surface area contributed by atoms with Crippen LogP contribution in [0.5, 0.6) is 0 Å². The first-order chi connectivity index (χ1) is 7.45. The van der Waals surface area contributed by atoms with Crippen molar-refractivity contribution >= 4 is 11.9 Å². The molecule has 0 saturated heterocycles. The van der Waals surface area contributed by atoms with Crippen molar-refractivity contribution in [2.24, 2.45) is 0 Å². The Morgan fingerprint density at radius 2 is 1.88 bits per heavy atom. The summed E-state index contributed by atoms with van der Waals surface area (Å²) in [5, 5.41) is 0. The van der Waals surface area contributed by atoms with E-state index >= 15 is 0 Å². The van der Waals surface area contributed by atoms with Gasteiger partial charge in [-0.25, -0.2) is 4.79 Å². The smallest absolute Gasteiger partial charge is 0.350 e. The molecule has 0 heterocycles. The molecular weight excluding hydrogens is 208 g/mol. The van der Waals surface area contributed by atoms with E-state index in [1.807, 2.05) is 0 Å². The first kappa shape index (κ1) is 13.0. The maximum Gasteiger partial charge on any atom is 0.350 e. The molecular formula is C12H19O4. The quantitative estimate of drug-likeness (QED) is 0.689. The van der Waals surface area contributed by atoms with Gasteiger partial charge in [0.1, 0.15) is 6.10 Å². The molecule has 0 aromatic heterocycles. The molecule has 0 aromatic carbocycles. The SMILES string of the molecule is [CH2]CC(=O)OC(C)(C)C(=O)OC1CCCC1. The second-order valence-electron chi connectivity index (χ2n) is 4.55. The Balaban J connectivity index is 2.46. The highest BCUT2D eigenvalue weighted by Gasteiger charge is 2.35. The van der Waals surface area contributed by atoms with Gasteiger partial charge in [-0.05, 0) is 46.5 Å². The number of ether oxygens (including phenoxy) is 2. The predicted octanol–water partition coefficient (Wildman–Crippen LogP) is 2.02. The third kappa shape index (κ3) is 3.51. The molecule has 0 aromatic rings. The summed E-state index contributed by atoms with van der Waals surface area (Å²) in [4.78, 5) is 22.8. The molecule has 1 saturated carbocycles. The summed E-state index contributed by atoms with van der Waals surface area (Å²) in [7, 11) is 0. The lowest BCUT2D eigenvalue weighted by Gasteiger charge is -2.24. The Hall–Kier alpha value is -1.06. The maximum absolute atomic E-state index is 11.8. The second kappa shape index (κ2) is 5.32. The van der Waals surface area contributed by atoms with E-state index in [9.17, 15) is 9.59 Å². The molecule has 16 heavy (non-hydrogen) atoms. The molecule has 4 nitrogen and oxygen atoms in total. The van der Waals surface area contributed by atoms with Gasteiger partial charge in [0.05, 0.1) is 0 Å². The average molecular weight is 227 g/mol. The molecule has 0 spiro atoms. The van der Waals surface area contributed by atoms with Crippen LogP contribution in [-0.4, -0.2) is 23.6 Å². The minimum absolute atomic E-state index is 0.00905. The topological polar surface area (TPSA) is 52.6 Å². The normalized spacial score (nSPS) is 17.2. The molecule has 4 heteroatoms. The summed E-state index contributed by atoms with van der Waals surface area (Å²) in [5.41, 5.74) is -1.21. The molecule has 0 amide bonds. The Morgan fingerprint density at radius 3 is 2.38 bits per heavy atom. The van der Waals surface area contributed by atoms with Crippen LogP contribution in [0.15, 0.2) is 0 Å². The van der Waals surface area contributed by atoms with Crippen LogP contribution in [0.25, 0.3) is 0 Å². The highest BCUT2D eigenvalue weighted by molar-refractivity contribution is 5.82. The van der Waals surface area contributed by atoms with Crippen LogP contribution in [0, 0.1) is 6.92 Å². The first-order valence-corrected chi connectivity index (χ1v) is 5.68. The molecule has 0 unspecified atom stereocenters. The molecule has 91 valence electrons. The fourth-order valence-electron chi connectivity index (χ4n) is 1.68. The zero-order chi connectivity index (χ0) is 12.2. The molecule has 1 rings (SSSR count). The molecule has 0 bridgehead atoms. The number of esters is 2. The van der Waals surface area contributed by atoms with Gasteiger partial charge in [-0.15, -0.1) is 0 Å². The molecule has 1 fully saturated rings. The zero-order valence-corrected chi connectivity index (χ0v) is 9.95. The van der Waals surface area contributed by atoms with E-state index < -0.39 is 17.5 Å². The second-order valence-corrected chi connectivity index (χ2v) is 4.55. The van der Waals surface area contributed by atoms with E-state index in [1.54, 1.807) is 0 Å². The van der Waals surface area contributed by atoms with E-state index in [0.717, 1.165) is 25.7 Å². The molecule has 0 aliphatic heterocycles. The summed E-state index contributed by atoms with van der Waals surface area (Å²) >= 11 is 0. The van der Waals surface area contributed by atoms with Gasteiger partial charge in [-0.3, -0.25) is 4.79 Å². The Bertz CT molecular complexity index is 264. The molecule has 0 N–H and O–H groups in total. The van der Waals surface area contributed by atoms with Crippen LogP contribution in [0.1, 0.15) is 46.0 Å². The third-order valence-corrected chi connectivity index (χ3v) is 2.64. The Kier molecular flexibility index (Phi) is 4.33. The van der Waals surface area contributed by atoms with Crippen molar-refractivity contribution < 1.29 is 19.1 Å². The highest BCUT2D eigenvalue weighted by atomic mass is 16.6. The lowest BCUT2D eigenvalue weighted by molar-refractivity contribution is -0.181. The van der Waals surface area contributed by atoms with Crippen molar-refractivity contribution in [3.8, 4) is 0 Å². The van der Waals surface area contributed by atoms with Gasteiger partial charge in [-0.2, -0.15) is 0 Å². The van der Waals surface area contributed by atoms with Crippen LogP contribution in [0.4, 0.5) is 0 Å². The van der Waals surface area contributed by atoms with Gasteiger partial charge in [0.15, 0.2) is 0 Å². The fourth-order valence-corrected chi connectivity index (χ4v) is 1.68. The van der Waals surface area contributed by atoms with Gasteiger partial charge in [-0.1, -0.05) is 0 Å². The van der Waals surface area contributed by atoms with Gasteiger partial charge < -0.3 is 9.47 Å². The van der Waals surface area contributed by atoms with E-state index in [0.29, 0.717) is 0 Å². The highest BCUT2D eigenvalue weighted by Crippen LogP contribution is 2.23. The molecule has 1 radical (unpaired) electrons. The Morgan fingerprint density at radius 1 is 1.31 bits per heavy atom. The van der Waals surface area contributed by atoms with Crippen molar-refractivity contribution in [2.75, 3.05) is 0 Å². The summed E-state index contributed by atoms with van der Waals surface area (Å²) in [6, 6.07) is 0. The molecule has 1 aliphatic carbocycles. The Labute approximate surface area is 96.3 Å². The molecule has 1 aliphatic rings. The maximum atomic E-state index is 11.8. The standard InChI is InChI=1S/C12H19O4/c1-4-10(13)16-12(2,3)11(14)15-9-7-5-6-8-9/h9H,1,4-8H2,2-3H3. The monoisotopic (exact) mass is 227 g/mol. The van der Waals surface area contributed by atoms with Crippen LogP contribution in [0.3, 0.4) is 0 Å². The predicted molar refractivity (Wildman–Crippen MR) is 58.5 cm³/mol. The summed E-state index contributed by atoms with van der Waals surface area (Å²) in [5.74, 6) is -0.963. The number of carbonyl (C=O) groups is 2. The van der Waals surface area contributed by atoms with Crippen molar-refractivity contribution in [3.63, 3.8) is 0 Å². The lowest BCUT2D eigenvalue weighted by Crippen LogP contribution is -2.40. The van der Waals surface area contributed by atoms with Crippen molar-refractivity contribution in [1.29, 1.82) is 0 Å². The first-order valence-electron chi connectivity index (χ1n) is 5.68. The number of hydrogen-bond donors (Lipinski definition) is 0. The fraction of sp³-hybridized carbons (Fsp3) is 0.750. The van der Waals surface area contributed by atoms with Gasteiger partial charge in [0.25, 0.3) is 0 Å². The lowest BCUT2D eigenvalue weighted by atomic mass is 10.1. The summed E-state index contributed by atoms with van der Waals surface area (Å²) in [6.45, 7) is 6.48. The number of carbonyl (C=O) groups excluding carboxylic acids is 2. The minimum Gasteiger partial charge on any atom is -0.459 e. The largest absolute Gasteiger partial charge is 0.459 e. The number of rotatable bonds is 4. The average Bonchev–Trinajstić information content (AvgIpc) is 2.69. The van der Waals surface area contributed by atoms with Gasteiger partial charge in [0, 0.05) is 6.42 Å². The van der Waals surface area contributed by atoms with Crippen molar-refractivity contribution in [2.45, 2.75) is 57.7 Å². The summed E-state index contributed by atoms with van der Waals surface area (Å²) in [6.07, 6.45) is 4.01. The van der Waals surface area contributed by atoms with Crippen LogP contribution in [0.2, 0.25) is 0 Å². The van der Waals surface area contributed by atoms with E-state index in [-0.39, 0.29) is 12.5 Å². The van der Waals surface area contributed by atoms with Crippen molar-refractivity contribution in [1.82, 2.24) is 0 Å². The third-order valence-electron chi connectivity index (χ3n) is 2.64. The molecule has 0 atom stereocenters. The van der Waals surface area contributed by atoms with Gasteiger partial charge >= 0.3 is 11.9 Å².